The fraction of sp³-hybridized carbons (Fsp3) is 0.474. The van der Waals surface area contributed by atoms with E-state index in [1.807, 2.05) is 37.5 Å². The topological polar surface area (TPSA) is 53.4 Å². The SMILES string of the molecule is Cc1ncn(-c2ccc(NC(=O)C3CN4CCN3CC4C)cc2)c1C. The van der Waals surface area contributed by atoms with Crippen LogP contribution in [0.2, 0.25) is 0 Å². The number of fused-ring (bicyclic) bond motifs is 3. The van der Waals surface area contributed by atoms with Gasteiger partial charge in [0.1, 0.15) is 6.04 Å². The lowest BCUT2D eigenvalue weighted by Gasteiger charge is -2.50. The van der Waals surface area contributed by atoms with E-state index >= 15 is 0 Å². The highest BCUT2D eigenvalue weighted by molar-refractivity contribution is 5.95. The van der Waals surface area contributed by atoms with Crippen LogP contribution in [0.1, 0.15) is 18.3 Å². The second-order valence-electron chi connectivity index (χ2n) is 7.18. The molecule has 2 aromatic rings. The molecule has 6 heteroatoms. The van der Waals surface area contributed by atoms with E-state index in [4.69, 9.17) is 0 Å². The van der Waals surface area contributed by atoms with Crippen molar-refractivity contribution in [2.24, 2.45) is 0 Å². The summed E-state index contributed by atoms with van der Waals surface area (Å²) in [6.07, 6.45) is 1.83. The standard InChI is InChI=1S/C19H25N5O/c1-13-10-23-9-8-22(13)11-18(23)19(25)21-16-4-6-17(7-5-16)24-12-20-14(2)15(24)3/h4-7,12-13,18H,8-11H2,1-3H3,(H,21,25). The molecule has 3 saturated heterocycles. The molecule has 1 aromatic carbocycles. The Hall–Kier alpha value is -2.18. The van der Waals surface area contributed by atoms with Crippen LogP contribution in [0, 0.1) is 13.8 Å². The van der Waals surface area contributed by atoms with Crippen molar-refractivity contribution >= 4 is 11.6 Å². The molecule has 0 spiro atoms. The molecule has 132 valence electrons. The molecule has 1 N–H and O–H groups in total. The quantitative estimate of drug-likeness (QED) is 0.927. The van der Waals surface area contributed by atoms with Gasteiger partial charge in [0.05, 0.1) is 12.0 Å². The van der Waals surface area contributed by atoms with E-state index in [0.29, 0.717) is 6.04 Å². The van der Waals surface area contributed by atoms with Crippen molar-refractivity contribution in [2.45, 2.75) is 32.9 Å². The number of nitrogens with one attached hydrogen (secondary N) is 1. The number of rotatable bonds is 3. The van der Waals surface area contributed by atoms with Crippen LogP contribution < -0.4 is 5.32 Å². The molecule has 3 aliphatic rings. The molecule has 0 aliphatic carbocycles. The number of carbonyl (C=O) groups excluding carboxylic acids is 1. The van der Waals surface area contributed by atoms with E-state index < -0.39 is 0 Å². The van der Waals surface area contributed by atoms with Crippen molar-refractivity contribution in [2.75, 3.05) is 31.5 Å². The minimum absolute atomic E-state index is 0.0387. The Bertz CT molecular complexity index is 782. The monoisotopic (exact) mass is 339 g/mol. The van der Waals surface area contributed by atoms with Crippen molar-refractivity contribution in [3.63, 3.8) is 0 Å². The molecule has 4 atom stereocenters. The summed E-state index contributed by atoms with van der Waals surface area (Å²) in [5, 5.41) is 3.08. The molecule has 3 fully saturated rings. The molecule has 1 amide bonds. The minimum Gasteiger partial charge on any atom is -0.325 e. The third-order valence-corrected chi connectivity index (χ3v) is 5.61. The van der Waals surface area contributed by atoms with Crippen molar-refractivity contribution in [1.82, 2.24) is 19.4 Å². The largest absolute Gasteiger partial charge is 0.325 e. The summed E-state index contributed by atoms with van der Waals surface area (Å²) in [6.45, 7) is 10.2. The molecule has 2 bridgehead atoms. The van der Waals surface area contributed by atoms with Crippen LogP contribution in [0.5, 0.6) is 0 Å². The summed E-state index contributed by atoms with van der Waals surface area (Å²) < 4.78 is 2.06. The number of benzene rings is 1. The maximum absolute atomic E-state index is 12.7. The van der Waals surface area contributed by atoms with Gasteiger partial charge in [-0.1, -0.05) is 0 Å². The van der Waals surface area contributed by atoms with Crippen molar-refractivity contribution in [3.8, 4) is 5.69 Å². The molecular formula is C19H25N5O. The lowest BCUT2D eigenvalue weighted by atomic mass is 10.0. The number of anilines is 1. The van der Waals surface area contributed by atoms with Gasteiger partial charge in [0.2, 0.25) is 5.91 Å². The molecule has 6 nitrogen and oxygen atoms in total. The summed E-state index contributed by atoms with van der Waals surface area (Å²) in [5.74, 6) is 0.0963. The Morgan fingerprint density at radius 1 is 1.12 bits per heavy atom. The number of amides is 1. The van der Waals surface area contributed by atoms with Gasteiger partial charge in [-0.05, 0) is 45.0 Å². The van der Waals surface area contributed by atoms with Crippen LogP contribution in [0.25, 0.3) is 5.69 Å². The van der Waals surface area contributed by atoms with Gasteiger partial charge in [0.15, 0.2) is 0 Å². The number of aromatic nitrogens is 2. The summed E-state index contributed by atoms with van der Waals surface area (Å²) in [7, 11) is 0. The zero-order valence-corrected chi connectivity index (χ0v) is 15.1. The molecular weight excluding hydrogens is 314 g/mol. The minimum atomic E-state index is -0.0387. The van der Waals surface area contributed by atoms with E-state index in [2.05, 4.69) is 38.5 Å². The zero-order valence-electron chi connectivity index (χ0n) is 15.1. The molecule has 4 unspecified atom stereocenters. The van der Waals surface area contributed by atoms with Crippen LogP contribution in [0.15, 0.2) is 30.6 Å². The normalized spacial score (nSPS) is 28.1. The van der Waals surface area contributed by atoms with E-state index in [1.165, 1.54) is 0 Å². The highest BCUT2D eigenvalue weighted by Crippen LogP contribution is 2.22. The number of nitrogens with zero attached hydrogens (tertiary/aromatic N) is 4. The van der Waals surface area contributed by atoms with Gasteiger partial charge in [0, 0.05) is 49.3 Å². The summed E-state index contributed by atoms with van der Waals surface area (Å²) >= 11 is 0. The van der Waals surface area contributed by atoms with Crippen LogP contribution in [0.4, 0.5) is 5.69 Å². The van der Waals surface area contributed by atoms with Crippen molar-refractivity contribution in [1.29, 1.82) is 0 Å². The van der Waals surface area contributed by atoms with Crippen LogP contribution in [-0.2, 0) is 4.79 Å². The number of piperazine rings is 3. The van der Waals surface area contributed by atoms with Gasteiger partial charge in [0.25, 0.3) is 0 Å². The first-order valence-corrected chi connectivity index (χ1v) is 8.93. The maximum atomic E-state index is 12.7. The smallest absolute Gasteiger partial charge is 0.243 e. The maximum Gasteiger partial charge on any atom is 0.243 e. The number of carbonyl (C=O) groups is 1. The second-order valence-corrected chi connectivity index (χ2v) is 7.18. The van der Waals surface area contributed by atoms with Gasteiger partial charge in [-0.25, -0.2) is 4.98 Å². The first kappa shape index (κ1) is 16.3. The van der Waals surface area contributed by atoms with Crippen molar-refractivity contribution in [3.05, 3.63) is 42.0 Å². The molecule has 1 aromatic heterocycles. The number of hydrogen-bond acceptors (Lipinski definition) is 4. The zero-order chi connectivity index (χ0) is 17.6. The Balaban J connectivity index is 1.45. The van der Waals surface area contributed by atoms with E-state index in [1.54, 1.807) is 0 Å². The Morgan fingerprint density at radius 2 is 1.84 bits per heavy atom. The Kier molecular flexibility index (Phi) is 4.09. The lowest BCUT2D eigenvalue weighted by molar-refractivity contribution is -0.128. The first-order chi connectivity index (χ1) is 12.0. The summed E-state index contributed by atoms with van der Waals surface area (Å²) in [4.78, 5) is 21.7. The Morgan fingerprint density at radius 3 is 2.40 bits per heavy atom. The average Bonchev–Trinajstić information content (AvgIpc) is 2.95. The number of aryl methyl sites for hydroxylation is 1. The van der Waals surface area contributed by atoms with Gasteiger partial charge in [-0.3, -0.25) is 14.6 Å². The van der Waals surface area contributed by atoms with Gasteiger partial charge < -0.3 is 9.88 Å². The third-order valence-electron chi connectivity index (χ3n) is 5.61. The van der Waals surface area contributed by atoms with Crippen molar-refractivity contribution < 1.29 is 4.79 Å². The highest BCUT2D eigenvalue weighted by Gasteiger charge is 2.39. The summed E-state index contributed by atoms with van der Waals surface area (Å²) in [5.41, 5.74) is 4.06. The molecule has 0 radical (unpaired) electrons. The Labute approximate surface area is 148 Å². The highest BCUT2D eigenvalue weighted by atomic mass is 16.2. The molecule has 5 rings (SSSR count). The van der Waals surface area contributed by atoms with E-state index in [0.717, 1.165) is 48.9 Å². The average molecular weight is 339 g/mol. The molecule has 0 saturated carbocycles. The fourth-order valence-corrected chi connectivity index (χ4v) is 3.85. The predicted molar refractivity (Wildman–Crippen MR) is 98.1 cm³/mol. The van der Waals surface area contributed by atoms with Gasteiger partial charge in [-0.15, -0.1) is 0 Å². The van der Waals surface area contributed by atoms with Crippen LogP contribution in [-0.4, -0.2) is 63.5 Å². The first-order valence-electron chi connectivity index (χ1n) is 8.93. The van der Waals surface area contributed by atoms with E-state index in [-0.39, 0.29) is 11.9 Å². The fourth-order valence-electron chi connectivity index (χ4n) is 3.85. The van der Waals surface area contributed by atoms with Gasteiger partial charge in [-0.2, -0.15) is 0 Å². The van der Waals surface area contributed by atoms with Crippen LogP contribution >= 0.6 is 0 Å². The molecule has 3 aliphatic heterocycles. The molecule has 25 heavy (non-hydrogen) atoms. The summed E-state index contributed by atoms with van der Waals surface area (Å²) in [6, 6.07) is 8.47. The van der Waals surface area contributed by atoms with E-state index in [9.17, 15) is 4.79 Å². The van der Waals surface area contributed by atoms with Crippen LogP contribution in [0.3, 0.4) is 0 Å². The molecule has 4 heterocycles. The second kappa shape index (κ2) is 6.28. The third kappa shape index (κ3) is 2.96. The predicted octanol–water partition coefficient (Wildman–Crippen LogP) is 1.82. The lowest BCUT2D eigenvalue weighted by Crippen LogP contribution is -2.67. The number of hydrogen-bond donors (Lipinski definition) is 1. The number of imidazole rings is 1. The van der Waals surface area contributed by atoms with Gasteiger partial charge >= 0.3 is 0 Å².